The summed E-state index contributed by atoms with van der Waals surface area (Å²) in [5.41, 5.74) is 11.2. The van der Waals surface area contributed by atoms with E-state index in [-0.39, 0.29) is 0 Å². The number of aryl methyl sites for hydroxylation is 1. The molecule has 0 unspecified atom stereocenters. The number of benzene rings is 1. The molecule has 3 N–H and O–H groups in total. The molecule has 0 aliphatic heterocycles. The van der Waals surface area contributed by atoms with Crippen LogP contribution in [0.25, 0.3) is 11.3 Å². The van der Waals surface area contributed by atoms with Crippen LogP contribution in [-0.2, 0) is 0 Å². The first-order valence-corrected chi connectivity index (χ1v) is 6.41. The van der Waals surface area contributed by atoms with Crippen molar-refractivity contribution in [3.63, 3.8) is 0 Å². The molecule has 5 heteroatoms. The molecule has 2 rings (SSSR count). The van der Waals surface area contributed by atoms with Crippen LogP contribution in [0.3, 0.4) is 0 Å². The van der Waals surface area contributed by atoms with Crippen molar-refractivity contribution in [1.29, 1.82) is 0 Å². The number of halogens is 1. The van der Waals surface area contributed by atoms with E-state index in [4.69, 9.17) is 10.5 Å². The van der Waals surface area contributed by atoms with Gasteiger partial charge in [0, 0.05) is 5.56 Å². The largest absolute Gasteiger partial charge is 0.496 e. The van der Waals surface area contributed by atoms with E-state index in [0.717, 1.165) is 38.2 Å². The Labute approximate surface area is 115 Å². The van der Waals surface area contributed by atoms with E-state index in [2.05, 4.69) is 33.1 Å². The predicted octanol–water partition coefficient (Wildman–Crippen LogP) is 3.36. The van der Waals surface area contributed by atoms with Crippen LogP contribution in [-0.4, -0.2) is 17.3 Å². The second-order valence-electron chi connectivity index (χ2n) is 4.32. The second kappa shape index (κ2) is 4.65. The smallest absolute Gasteiger partial charge is 0.160 e. The summed E-state index contributed by atoms with van der Waals surface area (Å²) in [7, 11) is 1.69. The second-order valence-corrected chi connectivity index (χ2v) is 5.11. The predicted molar refractivity (Wildman–Crippen MR) is 76.9 cm³/mol. The molecule has 18 heavy (non-hydrogen) atoms. The van der Waals surface area contributed by atoms with Crippen LogP contribution in [0.1, 0.15) is 16.7 Å². The van der Waals surface area contributed by atoms with E-state index in [0.29, 0.717) is 5.82 Å². The Bertz CT molecular complexity index is 605. The van der Waals surface area contributed by atoms with Gasteiger partial charge in [0.05, 0.1) is 17.3 Å². The van der Waals surface area contributed by atoms with Gasteiger partial charge in [0.15, 0.2) is 5.82 Å². The molecule has 0 atom stereocenters. The third-order valence-corrected chi connectivity index (χ3v) is 4.05. The summed E-state index contributed by atoms with van der Waals surface area (Å²) in [6.45, 7) is 6.17. The van der Waals surface area contributed by atoms with E-state index >= 15 is 0 Å². The Morgan fingerprint density at radius 3 is 2.44 bits per heavy atom. The zero-order chi connectivity index (χ0) is 13.4. The fourth-order valence-corrected chi connectivity index (χ4v) is 2.53. The van der Waals surface area contributed by atoms with Gasteiger partial charge < -0.3 is 10.5 Å². The minimum absolute atomic E-state index is 0.470. The minimum Gasteiger partial charge on any atom is -0.496 e. The van der Waals surface area contributed by atoms with E-state index in [9.17, 15) is 0 Å². The molecule has 4 nitrogen and oxygen atoms in total. The van der Waals surface area contributed by atoms with Gasteiger partial charge in [0.1, 0.15) is 5.75 Å². The zero-order valence-electron chi connectivity index (χ0n) is 10.9. The van der Waals surface area contributed by atoms with Gasteiger partial charge in [-0.2, -0.15) is 5.10 Å². The molecule has 1 heterocycles. The molecular formula is C13H16BrN3O. The number of methoxy groups -OCH3 is 1. The molecule has 0 fully saturated rings. The number of H-pyrrole nitrogens is 1. The van der Waals surface area contributed by atoms with Crippen molar-refractivity contribution in [1.82, 2.24) is 10.2 Å². The van der Waals surface area contributed by atoms with Crippen molar-refractivity contribution in [2.75, 3.05) is 12.8 Å². The van der Waals surface area contributed by atoms with Gasteiger partial charge in [-0.05, 0) is 59.5 Å². The van der Waals surface area contributed by atoms with E-state index in [1.54, 1.807) is 7.11 Å². The van der Waals surface area contributed by atoms with Crippen LogP contribution >= 0.6 is 15.9 Å². The summed E-state index contributed by atoms with van der Waals surface area (Å²) >= 11 is 3.47. The third-order valence-electron chi connectivity index (χ3n) is 3.25. The first-order valence-electron chi connectivity index (χ1n) is 5.61. The first-order chi connectivity index (χ1) is 8.47. The van der Waals surface area contributed by atoms with Gasteiger partial charge in [-0.1, -0.05) is 0 Å². The summed E-state index contributed by atoms with van der Waals surface area (Å²) in [4.78, 5) is 0. The van der Waals surface area contributed by atoms with Gasteiger partial charge in [-0.3, -0.25) is 5.10 Å². The lowest BCUT2D eigenvalue weighted by atomic mass is 9.95. The molecule has 0 bridgehead atoms. The number of aromatic amines is 1. The molecule has 0 amide bonds. The average Bonchev–Trinajstić information content (AvgIpc) is 2.66. The summed E-state index contributed by atoms with van der Waals surface area (Å²) in [5, 5.41) is 7.00. The quantitative estimate of drug-likeness (QED) is 0.894. The van der Waals surface area contributed by atoms with Gasteiger partial charge in [0.2, 0.25) is 0 Å². The van der Waals surface area contributed by atoms with Gasteiger partial charge >= 0.3 is 0 Å². The van der Waals surface area contributed by atoms with Crippen molar-refractivity contribution < 1.29 is 4.74 Å². The number of rotatable bonds is 2. The number of ether oxygens (including phenoxy) is 1. The van der Waals surface area contributed by atoms with Gasteiger partial charge in [-0.25, -0.2) is 0 Å². The molecule has 1 aromatic heterocycles. The van der Waals surface area contributed by atoms with Crippen LogP contribution in [0.4, 0.5) is 5.82 Å². The Morgan fingerprint density at radius 1 is 1.28 bits per heavy atom. The number of anilines is 1. The molecule has 0 aliphatic carbocycles. The number of nitrogens with two attached hydrogens (primary N) is 1. The van der Waals surface area contributed by atoms with E-state index in [1.165, 1.54) is 0 Å². The highest BCUT2D eigenvalue weighted by molar-refractivity contribution is 9.10. The van der Waals surface area contributed by atoms with Crippen molar-refractivity contribution in [2.45, 2.75) is 20.8 Å². The van der Waals surface area contributed by atoms with E-state index < -0.39 is 0 Å². The highest BCUT2D eigenvalue weighted by Gasteiger charge is 2.17. The van der Waals surface area contributed by atoms with Gasteiger partial charge in [0.25, 0.3) is 0 Å². The highest BCUT2D eigenvalue weighted by Crippen LogP contribution is 2.38. The Hall–Kier alpha value is -1.49. The Morgan fingerprint density at radius 2 is 1.94 bits per heavy atom. The molecule has 2 aromatic rings. The summed E-state index contributed by atoms with van der Waals surface area (Å²) in [6.07, 6.45) is 0. The monoisotopic (exact) mass is 309 g/mol. The maximum atomic E-state index is 5.76. The fraction of sp³-hybridized carbons (Fsp3) is 0.308. The first kappa shape index (κ1) is 13.0. The number of nitrogens with one attached hydrogen (secondary N) is 1. The maximum absolute atomic E-state index is 5.76. The molecule has 0 spiro atoms. The van der Waals surface area contributed by atoms with Crippen molar-refractivity contribution >= 4 is 21.7 Å². The lowest BCUT2D eigenvalue weighted by molar-refractivity contribution is 0.411. The molecular weight excluding hydrogens is 294 g/mol. The van der Waals surface area contributed by atoms with Crippen molar-refractivity contribution in [3.8, 4) is 17.0 Å². The lowest BCUT2D eigenvalue weighted by Crippen LogP contribution is -1.97. The number of nitrogen functional groups attached to an aromatic ring is 1. The molecule has 1 aromatic carbocycles. The lowest BCUT2D eigenvalue weighted by Gasteiger charge is -2.15. The number of aromatic nitrogens is 2. The fourth-order valence-electron chi connectivity index (χ4n) is 2.15. The average molecular weight is 310 g/mol. The Balaban J connectivity index is 2.73. The van der Waals surface area contributed by atoms with Crippen LogP contribution in [0, 0.1) is 20.8 Å². The molecule has 0 radical (unpaired) electrons. The normalized spacial score (nSPS) is 10.7. The highest BCUT2D eigenvalue weighted by atomic mass is 79.9. The third kappa shape index (κ3) is 1.88. The van der Waals surface area contributed by atoms with Crippen LogP contribution in [0.2, 0.25) is 0 Å². The SMILES string of the molecule is COc1cc(C)c(-c2[nH]nc(N)c2Br)c(C)c1C. The summed E-state index contributed by atoms with van der Waals surface area (Å²) in [6, 6.07) is 2.03. The zero-order valence-corrected chi connectivity index (χ0v) is 12.5. The summed E-state index contributed by atoms with van der Waals surface area (Å²) in [5.74, 6) is 1.37. The van der Waals surface area contributed by atoms with Crippen molar-refractivity contribution in [3.05, 3.63) is 27.2 Å². The number of hydrogen-bond donors (Lipinski definition) is 2. The Kier molecular flexibility index (Phi) is 3.34. The molecule has 96 valence electrons. The van der Waals surface area contributed by atoms with Crippen LogP contribution < -0.4 is 10.5 Å². The number of nitrogens with zero attached hydrogens (tertiary/aromatic N) is 1. The van der Waals surface area contributed by atoms with Crippen molar-refractivity contribution in [2.24, 2.45) is 0 Å². The molecule has 0 aliphatic rings. The maximum Gasteiger partial charge on any atom is 0.160 e. The molecule has 0 saturated heterocycles. The molecule has 0 saturated carbocycles. The minimum atomic E-state index is 0.470. The van der Waals surface area contributed by atoms with Gasteiger partial charge in [-0.15, -0.1) is 0 Å². The standard InChI is InChI=1S/C13H16BrN3O/c1-6-5-9(18-4)7(2)8(3)10(6)12-11(14)13(15)17-16-12/h5H,1-4H3,(H3,15,16,17). The van der Waals surface area contributed by atoms with Crippen LogP contribution in [0.5, 0.6) is 5.75 Å². The van der Waals surface area contributed by atoms with Crippen LogP contribution in [0.15, 0.2) is 10.5 Å². The van der Waals surface area contributed by atoms with E-state index in [1.807, 2.05) is 19.9 Å². The number of hydrogen-bond acceptors (Lipinski definition) is 3. The topological polar surface area (TPSA) is 63.9 Å². The summed E-state index contributed by atoms with van der Waals surface area (Å²) < 4.78 is 6.17.